The molecule has 0 aromatic carbocycles. The Balaban J connectivity index is 2.24. The van der Waals surface area contributed by atoms with E-state index < -0.39 is 6.10 Å². The van der Waals surface area contributed by atoms with Crippen molar-refractivity contribution in [1.82, 2.24) is 4.90 Å². The molecular formula is C13H21N3O3S. The zero-order valence-electron chi connectivity index (χ0n) is 12.1. The molecule has 1 unspecified atom stereocenters. The second-order valence-electron chi connectivity index (χ2n) is 5.42. The fourth-order valence-electron chi connectivity index (χ4n) is 2.53. The second-order valence-corrected chi connectivity index (χ2v) is 6.48. The van der Waals surface area contributed by atoms with Crippen LogP contribution >= 0.6 is 11.3 Å². The average Bonchev–Trinajstić information content (AvgIpc) is 2.84. The van der Waals surface area contributed by atoms with Gasteiger partial charge in [-0.1, -0.05) is 0 Å². The highest BCUT2D eigenvalue weighted by atomic mass is 32.1. The van der Waals surface area contributed by atoms with Gasteiger partial charge in [-0.25, -0.2) is 0 Å². The molecule has 0 bridgehead atoms. The van der Waals surface area contributed by atoms with Crippen LogP contribution in [0.25, 0.3) is 0 Å². The van der Waals surface area contributed by atoms with Gasteiger partial charge in [0.25, 0.3) is 0 Å². The lowest BCUT2D eigenvalue weighted by Crippen LogP contribution is -2.41. The van der Waals surface area contributed by atoms with Crippen molar-refractivity contribution in [3.05, 3.63) is 21.1 Å². The molecule has 0 aliphatic carbocycles. The Morgan fingerprint density at radius 1 is 1.55 bits per heavy atom. The van der Waals surface area contributed by atoms with Gasteiger partial charge in [0, 0.05) is 24.0 Å². The normalized spacial score (nSPS) is 19.0. The third kappa shape index (κ3) is 3.11. The molecule has 1 saturated heterocycles. The van der Waals surface area contributed by atoms with Crippen LogP contribution in [0.5, 0.6) is 0 Å². The monoisotopic (exact) mass is 299 g/mol. The summed E-state index contributed by atoms with van der Waals surface area (Å²) in [7, 11) is 4.01. The minimum absolute atomic E-state index is 0.104. The molecule has 1 fully saturated rings. The standard InChI is InChI=1S/C13H21N3O3S/c1-9(17)12-8-11(16(18)19)13(20-12)15(3)10-4-6-14(2)7-5-10/h8-10,17H,4-7H2,1-3H3. The van der Waals surface area contributed by atoms with Crippen LogP contribution in [0.1, 0.15) is 30.7 Å². The lowest BCUT2D eigenvalue weighted by atomic mass is 10.0. The number of anilines is 1. The van der Waals surface area contributed by atoms with Gasteiger partial charge < -0.3 is 14.9 Å². The number of hydrogen-bond donors (Lipinski definition) is 1. The molecule has 1 aliphatic rings. The molecular weight excluding hydrogens is 278 g/mol. The Labute approximate surface area is 122 Å². The first-order valence-corrected chi connectivity index (χ1v) is 7.59. The van der Waals surface area contributed by atoms with Crippen LogP contribution in [0.4, 0.5) is 10.7 Å². The summed E-state index contributed by atoms with van der Waals surface area (Å²) in [6, 6.07) is 1.82. The predicted octanol–water partition coefficient (Wildman–Crippen LogP) is 2.24. The second kappa shape index (κ2) is 6.07. The minimum Gasteiger partial charge on any atom is -0.388 e. The van der Waals surface area contributed by atoms with E-state index in [1.54, 1.807) is 6.92 Å². The van der Waals surface area contributed by atoms with E-state index in [1.165, 1.54) is 17.4 Å². The van der Waals surface area contributed by atoms with E-state index in [-0.39, 0.29) is 10.6 Å². The van der Waals surface area contributed by atoms with Crippen LogP contribution < -0.4 is 4.90 Å². The number of thiophene rings is 1. The molecule has 0 spiro atoms. The molecule has 2 heterocycles. The molecule has 2 rings (SSSR count). The first kappa shape index (κ1) is 15.2. The lowest BCUT2D eigenvalue weighted by molar-refractivity contribution is -0.383. The Morgan fingerprint density at radius 2 is 2.15 bits per heavy atom. The van der Waals surface area contributed by atoms with Gasteiger partial charge in [0.2, 0.25) is 0 Å². The molecule has 112 valence electrons. The van der Waals surface area contributed by atoms with E-state index in [0.717, 1.165) is 25.9 Å². The van der Waals surface area contributed by atoms with Gasteiger partial charge in [-0.3, -0.25) is 10.1 Å². The van der Waals surface area contributed by atoms with Crippen molar-refractivity contribution in [2.24, 2.45) is 0 Å². The largest absolute Gasteiger partial charge is 0.388 e. The van der Waals surface area contributed by atoms with Gasteiger partial charge in [-0.15, -0.1) is 11.3 Å². The SMILES string of the molecule is CC(O)c1cc([N+](=O)[O-])c(N(C)C2CCN(C)CC2)s1. The summed E-state index contributed by atoms with van der Waals surface area (Å²) < 4.78 is 0. The highest BCUT2D eigenvalue weighted by molar-refractivity contribution is 7.16. The van der Waals surface area contributed by atoms with Gasteiger partial charge in [-0.2, -0.15) is 0 Å². The number of hydrogen-bond acceptors (Lipinski definition) is 6. The maximum Gasteiger partial charge on any atom is 0.304 e. The van der Waals surface area contributed by atoms with Crippen LogP contribution in [-0.4, -0.2) is 48.2 Å². The number of likely N-dealkylation sites (tertiary alicyclic amines) is 1. The van der Waals surface area contributed by atoms with Crippen LogP contribution in [0.2, 0.25) is 0 Å². The third-order valence-corrected chi connectivity index (χ3v) is 5.26. The Morgan fingerprint density at radius 3 is 2.65 bits per heavy atom. The highest BCUT2D eigenvalue weighted by Gasteiger charge is 2.29. The molecule has 1 aromatic rings. The number of rotatable bonds is 4. The molecule has 1 N–H and O–H groups in total. The molecule has 0 saturated carbocycles. The fourth-order valence-corrected chi connectivity index (χ4v) is 3.62. The zero-order valence-corrected chi connectivity index (χ0v) is 12.9. The Kier molecular flexibility index (Phi) is 4.62. The van der Waals surface area contributed by atoms with E-state index in [0.29, 0.717) is 15.9 Å². The minimum atomic E-state index is -0.668. The summed E-state index contributed by atoms with van der Waals surface area (Å²) in [5.74, 6) is 0. The Hall–Kier alpha value is -1.18. The van der Waals surface area contributed by atoms with E-state index in [2.05, 4.69) is 11.9 Å². The maximum absolute atomic E-state index is 11.2. The summed E-state index contributed by atoms with van der Waals surface area (Å²) >= 11 is 1.32. The molecule has 0 radical (unpaired) electrons. The highest BCUT2D eigenvalue weighted by Crippen LogP contribution is 2.41. The van der Waals surface area contributed by atoms with Crippen molar-refractivity contribution in [1.29, 1.82) is 0 Å². The van der Waals surface area contributed by atoms with Gasteiger partial charge in [0.05, 0.1) is 11.0 Å². The van der Waals surface area contributed by atoms with Crippen molar-refractivity contribution in [3.8, 4) is 0 Å². The number of nitrogens with zero attached hydrogens (tertiary/aromatic N) is 3. The third-order valence-electron chi connectivity index (χ3n) is 3.88. The van der Waals surface area contributed by atoms with Crippen molar-refractivity contribution in [2.75, 3.05) is 32.1 Å². The fraction of sp³-hybridized carbons (Fsp3) is 0.692. The van der Waals surface area contributed by atoms with Gasteiger partial charge >= 0.3 is 5.69 Å². The molecule has 0 amide bonds. The van der Waals surface area contributed by atoms with Gasteiger partial charge in [-0.05, 0) is 39.9 Å². The maximum atomic E-state index is 11.2. The number of aliphatic hydroxyl groups excluding tert-OH is 1. The van der Waals surface area contributed by atoms with Gasteiger partial charge in [0.1, 0.15) is 0 Å². The number of nitro groups is 1. The molecule has 1 aromatic heterocycles. The summed E-state index contributed by atoms with van der Waals surface area (Å²) in [6.45, 7) is 3.66. The van der Waals surface area contributed by atoms with Crippen molar-refractivity contribution in [2.45, 2.75) is 31.9 Å². The van der Waals surface area contributed by atoms with Crippen LogP contribution in [0, 0.1) is 10.1 Å². The summed E-state index contributed by atoms with van der Waals surface area (Å²) in [4.78, 5) is 15.8. The number of piperidine rings is 1. The van der Waals surface area contributed by atoms with Gasteiger partial charge in [0.15, 0.2) is 5.00 Å². The molecule has 7 heteroatoms. The van der Waals surface area contributed by atoms with Crippen LogP contribution in [-0.2, 0) is 0 Å². The van der Waals surface area contributed by atoms with Crippen molar-refractivity contribution >= 4 is 22.0 Å². The Bertz CT molecular complexity index is 481. The first-order chi connectivity index (χ1) is 9.40. The topological polar surface area (TPSA) is 69.8 Å². The number of aliphatic hydroxyl groups is 1. The van der Waals surface area contributed by atoms with E-state index in [9.17, 15) is 15.2 Å². The quantitative estimate of drug-likeness (QED) is 0.682. The van der Waals surface area contributed by atoms with Crippen molar-refractivity contribution in [3.63, 3.8) is 0 Å². The van der Waals surface area contributed by atoms with Crippen molar-refractivity contribution < 1.29 is 10.0 Å². The molecule has 6 nitrogen and oxygen atoms in total. The predicted molar refractivity (Wildman–Crippen MR) is 80.5 cm³/mol. The summed E-state index contributed by atoms with van der Waals surface area (Å²) in [5, 5.41) is 21.5. The molecule has 1 atom stereocenters. The summed E-state index contributed by atoms with van der Waals surface area (Å²) in [6.07, 6.45) is 1.34. The van der Waals surface area contributed by atoms with Crippen LogP contribution in [0.3, 0.4) is 0 Å². The summed E-state index contributed by atoms with van der Waals surface area (Å²) in [5.41, 5.74) is 0.104. The van der Waals surface area contributed by atoms with E-state index in [4.69, 9.17) is 0 Å². The molecule has 1 aliphatic heterocycles. The zero-order chi connectivity index (χ0) is 14.9. The molecule has 20 heavy (non-hydrogen) atoms. The average molecular weight is 299 g/mol. The lowest BCUT2D eigenvalue weighted by Gasteiger charge is -2.35. The smallest absolute Gasteiger partial charge is 0.304 e. The first-order valence-electron chi connectivity index (χ1n) is 6.77. The van der Waals surface area contributed by atoms with E-state index >= 15 is 0 Å². The van der Waals surface area contributed by atoms with E-state index in [1.807, 2.05) is 11.9 Å². The van der Waals surface area contributed by atoms with Crippen LogP contribution in [0.15, 0.2) is 6.07 Å².